The van der Waals surface area contributed by atoms with Crippen molar-refractivity contribution in [1.82, 2.24) is 18.7 Å². The number of imidazole rings is 1. The fourth-order valence-corrected chi connectivity index (χ4v) is 4.97. The van der Waals surface area contributed by atoms with Gasteiger partial charge in [0, 0.05) is 19.2 Å². The van der Waals surface area contributed by atoms with E-state index < -0.39 is 27.9 Å². The maximum atomic E-state index is 14.7. The highest BCUT2D eigenvalue weighted by Crippen LogP contribution is 2.35. The summed E-state index contributed by atoms with van der Waals surface area (Å²) in [6, 6.07) is 8.75. The van der Waals surface area contributed by atoms with Crippen LogP contribution in [-0.2, 0) is 10.2 Å². The quantitative estimate of drug-likeness (QED) is 0.479. The molecule has 2 aromatic carbocycles. The van der Waals surface area contributed by atoms with E-state index in [0.717, 1.165) is 22.0 Å². The number of anilines is 1. The molecule has 168 valence electrons. The minimum absolute atomic E-state index is 0.0107. The molecule has 1 fully saturated rings. The molecule has 33 heavy (non-hydrogen) atoms. The molecule has 1 N–H and O–H groups in total. The molecule has 0 unspecified atom stereocenters. The molecule has 4 aromatic rings. The number of nitriles is 1. The standard InChI is InChI=1S/C21H16F2N6O3S/c22-13-5-6-28(11-13)33(30,31)27-18-4-2-17(23)21(16(18)8-24)32-15-1-3-19-20(7-15)29-12-25-9-14(29)10-26-19/h1-4,7,9-10,12-13,27H,5-6,11H2/t13-/m1/s1. The van der Waals surface area contributed by atoms with Crippen LogP contribution in [0.1, 0.15) is 12.0 Å². The molecule has 1 atom stereocenters. The number of ether oxygens (including phenoxy) is 1. The van der Waals surface area contributed by atoms with Gasteiger partial charge in [0.1, 0.15) is 23.6 Å². The van der Waals surface area contributed by atoms with Crippen molar-refractivity contribution >= 4 is 32.4 Å². The van der Waals surface area contributed by atoms with Gasteiger partial charge < -0.3 is 4.74 Å². The highest BCUT2D eigenvalue weighted by molar-refractivity contribution is 7.90. The predicted molar refractivity (Wildman–Crippen MR) is 115 cm³/mol. The zero-order chi connectivity index (χ0) is 23.2. The van der Waals surface area contributed by atoms with Crippen LogP contribution in [-0.4, -0.2) is 46.4 Å². The lowest BCUT2D eigenvalue weighted by molar-refractivity contribution is 0.343. The topological polar surface area (TPSA) is 113 Å². The van der Waals surface area contributed by atoms with Gasteiger partial charge in [-0.3, -0.25) is 14.1 Å². The van der Waals surface area contributed by atoms with E-state index in [9.17, 15) is 22.5 Å². The summed E-state index contributed by atoms with van der Waals surface area (Å²) in [5.41, 5.74) is 1.53. The third-order valence-corrected chi connectivity index (χ3v) is 6.81. The second kappa shape index (κ2) is 7.95. The summed E-state index contributed by atoms with van der Waals surface area (Å²) in [7, 11) is -4.13. The molecule has 9 nitrogen and oxygen atoms in total. The molecule has 3 heterocycles. The average molecular weight is 470 g/mol. The molecule has 5 rings (SSSR count). The van der Waals surface area contributed by atoms with Gasteiger partial charge in [-0.15, -0.1) is 0 Å². The largest absolute Gasteiger partial charge is 0.453 e. The fraction of sp³-hybridized carbons (Fsp3) is 0.190. The Morgan fingerprint density at radius 1 is 1.24 bits per heavy atom. The zero-order valence-corrected chi connectivity index (χ0v) is 17.8. The third-order valence-electron chi connectivity index (χ3n) is 5.32. The van der Waals surface area contributed by atoms with Crippen molar-refractivity contribution in [3.8, 4) is 17.6 Å². The first-order chi connectivity index (χ1) is 15.9. The summed E-state index contributed by atoms with van der Waals surface area (Å²) in [5.74, 6) is -1.08. The molecule has 0 aliphatic carbocycles. The summed E-state index contributed by atoms with van der Waals surface area (Å²) in [5, 5.41) is 9.66. The summed E-state index contributed by atoms with van der Waals surface area (Å²) in [4.78, 5) is 8.40. The van der Waals surface area contributed by atoms with Crippen LogP contribution in [0.15, 0.2) is 49.1 Å². The van der Waals surface area contributed by atoms with Gasteiger partial charge in [-0.05, 0) is 30.7 Å². The van der Waals surface area contributed by atoms with Crippen LogP contribution < -0.4 is 9.46 Å². The van der Waals surface area contributed by atoms with Crippen molar-refractivity contribution in [3.63, 3.8) is 0 Å². The first kappa shape index (κ1) is 21.0. The number of fused-ring (bicyclic) bond motifs is 3. The first-order valence-corrected chi connectivity index (χ1v) is 11.3. The van der Waals surface area contributed by atoms with Crippen LogP contribution in [0.25, 0.3) is 16.6 Å². The van der Waals surface area contributed by atoms with Crippen LogP contribution in [0.5, 0.6) is 11.5 Å². The average Bonchev–Trinajstić information content (AvgIpc) is 3.45. The molecule has 0 spiro atoms. The Balaban J connectivity index is 1.52. The maximum absolute atomic E-state index is 14.7. The van der Waals surface area contributed by atoms with E-state index in [4.69, 9.17) is 4.74 Å². The fourth-order valence-electron chi connectivity index (χ4n) is 3.69. The van der Waals surface area contributed by atoms with Gasteiger partial charge in [-0.2, -0.15) is 18.0 Å². The van der Waals surface area contributed by atoms with Crippen molar-refractivity contribution in [2.75, 3.05) is 17.8 Å². The Labute approximate surface area is 187 Å². The molecule has 1 saturated heterocycles. The van der Waals surface area contributed by atoms with Gasteiger partial charge in [0.2, 0.25) is 0 Å². The third kappa shape index (κ3) is 3.81. The molecule has 12 heteroatoms. The number of benzene rings is 2. The number of alkyl halides is 1. The van der Waals surface area contributed by atoms with E-state index in [2.05, 4.69) is 14.7 Å². The Kier molecular flexibility index (Phi) is 5.07. The van der Waals surface area contributed by atoms with Gasteiger partial charge in [-0.25, -0.2) is 13.8 Å². The van der Waals surface area contributed by atoms with Crippen molar-refractivity contribution in [3.05, 3.63) is 60.4 Å². The van der Waals surface area contributed by atoms with Gasteiger partial charge >= 0.3 is 10.2 Å². The van der Waals surface area contributed by atoms with Gasteiger partial charge in [0.25, 0.3) is 0 Å². The van der Waals surface area contributed by atoms with E-state index in [1.165, 1.54) is 0 Å². The first-order valence-electron chi connectivity index (χ1n) is 9.89. The van der Waals surface area contributed by atoms with Crippen molar-refractivity contribution in [2.45, 2.75) is 12.6 Å². The SMILES string of the molecule is N#Cc1c(NS(=O)(=O)N2CC[C@@H](F)C2)ccc(F)c1Oc1ccc2ncc3cncn3c2c1. The minimum Gasteiger partial charge on any atom is -0.453 e. The Bertz CT molecular complexity index is 1530. The molecule has 0 radical (unpaired) electrons. The lowest BCUT2D eigenvalue weighted by Gasteiger charge is -2.18. The molecule has 0 bridgehead atoms. The highest BCUT2D eigenvalue weighted by atomic mass is 32.2. The molecular formula is C21H16F2N6O3S. The maximum Gasteiger partial charge on any atom is 0.301 e. The van der Waals surface area contributed by atoms with E-state index >= 15 is 0 Å². The smallest absolute Gasteiger partial charge is 0.301 e. The van der Waals surface area contributed by atoms with E-state index in [1.54, 1.807) is 47.4 Å². The van der Waals surface area contributed by atoms with E-state index in [0.29, 0.717) is 11.0 Å². The van der Waals surface area contributed by atoms with Crippen LogP contribution in [0.3, 0.4) is 0 Å². The molecule has 1 aliphatic rings. The molecule has 0 amide bonds. The normalized spacial score (nSPS) is 16.8. The van der Waals surface area contributed by atoms with Crippen molar-refractivity contribution in [1.29, 1.82) is 5.26 Å². The van der Waals surface area contributed by atoms with Crippen molar-refractivity contribution < 1.29 is 21.9 Å². The highest BCUT2D eigenvalue weighted by Gasteiger charge is 2.32. The number of halogens is 2. The van der Waals surface area contributed by atoms with E-state index in [-0.39, 0.29) is 36.5 Å². The number of aromatic nitrogens is 3. The van der Waals surface area contributed by atoms with Crippen molar-refractivity contribution in [2.24, 2.45) is 0 Å². The number of hydrogen-bond acceptors (Lipinski definition) is 6. The number of rotatable bonds is 5. The second-order valence-corrected chi connectivity index (χ2v) is 9.13. The van der Waals surface area contributed by atoms with Crippen LogP contribution in [0.4, 0.5) is 14.5 Å². The van der Waals surface area contributed by atoms with Crippen LogP contribution in [0, 0.1) is 17.1 Å². The summed E-state index contributed by atoms with van der Waals surface area (Å²) in [6.07, 6.45) is 3.72. The zero-order valence-electron chi connectivity index (χ0n) is 16.9. The van der Waals surface area contributed by atoms with Gasteiger partial charge in [0.15, 0.2) is 11.6 Å². The lowest BCUT2D eigenvalue weighted by Crippen LogP contribution is -2.34. The van der Waals surface area contributed by atoms with Crippen LogP contribution >= 0.6 is 0 Å². The molecule has 1 aliphatic heterocycles. The lowest BCUT2D eigenvalue weighted by atomic mass is 10.1. The second-order valence-electron chi connectivity index (χ2n) is 7.46. The number of nitrogens with one attached hydrogen (secondary N) is 1. The Hall–Kier alpha value is -3.82. The Morgan fingerprint density at radius 2 is 2.09 bits per heavy atom. The summed E-state index contributed by atoms with van der Waals surface area (Å²) < 4.78 is 64.0. The minimum atomic E-state index is -4.13. The predicted octanol–water partition coefficient (Wildman–Crippen LogP) is 3.39. The molecule has 2 aromatic heterocycles. The van der Waals surface area contributed by atoms with Gasteiger partial charge in [0.05, 0.1) is 41.0 Å². The summed E-state index contributed by atoms with van der Waals surface area (Å²) >= 11 is 0. The number of nitrogens with zero attached hydrogens (tertiary/aromatic N) is 5. The molecule has 0 saturated carbocycles. The monoisotopic (exact) mass is 470 g/mol. The summed E-state index contributed by atoms with van der Waals surface area (Å²) in [6.45, 7) is -0.271. The Morgan fingerprint density at radius 3 is 2.85 bits per heavy atom. The van der Waals surface area contributed by atoms with E-state index in [1.807, 2.05) is 0 Å². The van der Waals surface area contributed by atoms with Gasteiger partial charge in [-0.1, -0.05) is 0 Å². The number of hydrogen-bond donors (Lipinski definition) is 1. The van der Waals surface area contributed by atoms with Crippen LogP contribution in [0.2, 0.25) is 0 Å². The molecular weight excluding hydrogens is 454 g/mol.